The molecule has 2 aliphatic rings. The number of esters is 1. The summed E-state index contributed by atoms with van der Waals surface area (Å²) >= 11 is 0. The van der Waals surface area contributed by atoms with E-state index in [2.05, 4.69) is 5.32 Å². The Hall–Kier alpha value is -3.15. The molecular formula is C21H20N2O4. The molecule has 1 fully saturated rings. The van der Waals surface area contributed by atoms with Crippen molar-refractivity contribution >= 4 is 23.5 Å². The molecule has 6 heteroatoms. The molecule has 0 bridgehead atoms. The number of cyclic esters (lactones) is 1. The Kier molecular flexibility index (Phi) is 4.62. The lowest BCUT2D eigenvalue weighted by molar-refractivity contribution is -0.130. The van der Waals surface area contributed by atoms with Gasteiger partial charge in [0, 0.05) is 31.6 Å². The number of carbonyl (C=O) groups is 3. The molecule has 2 aliphatic heterocycles. The summed E-state index contributed by atoms with van der Waals surface area (Å²) in [6, 6.07) is 14.7. The van der Waals surface area contributed by atoms with E-state index in [0.29, 0.717) is 24.9 Å². The number of fused-ring (bicyclic) bond motifs is 1. The molecule has 0 aromatic heterocycles. The average Bonchev–Trinajstić information content (AvgIpc) is 3.12. The van der Waals surface area contributed by atoms with Gasteiger partial charge in [0.15, 0.2) is 6.10 Å². The maximum absolute atomic E-state index is 12.4. The van der Waals surface area contributed by atoms with Crippen molar-refractivity contribution in [1.29, 1.82) is 0 Å². The third-order valence-corrected chi connectivity index (χ3v) is 4.97. The van der Waals surface area contributed by atoms with Gasteiger partial charge < -0.3 is 15.0 Å². The monoisotopic (exact) mass is 364 g/mol. The summed E-state index contributed by atoms with van der Waals surface area (Å²) < 4.78 is 5.27. The van der Waals surface area contributed by atoms with Crippen LogP contribution < -0.4 is 10.2 Å². The van der Waals surface area contributed by atoms with Crippen molar-refractivity contribution in [2.45, 2.75) is 31.9 Å². The predicted molar refractivity (Wildman–Crippen MR) is 99.2 cm³/mol. The second-order valence-corrected chi connectivity index (χ2v) is 6.79. The highest BCUT2D eigenvalue weighted by atomic mass is 16.5. The smallest absolute Gasteiger partial charge is 0.339 e. The largest absolute Gasteiger partial charge is 0.448 e. The predicted octanol–water partition coefficient (Wildman–Crippen LogP) is 2.21. The van der Waals surface area contributed by atoms with Gasteiger partial charge in [-0.15, -0.1) is 0 Å². The maximum atomic E-state index is 12.4. The Morgan fingerprint density at radius 3 is 2.63 bits per heavy atom. The van der Waals surface area contributed by atoms with Gasteiger partial charge in [-0.2, -0.15) is 0 Å². The van der Waals surface area contributed by atoms with Gasteiger partial charge in [-0.25, -0.2) is 4.79 Å². The molecule has 2 heterocycles. The lowest BCUT2D eigenvalue weighted by Gasteiger charge is -2.23. The van der Waals surface area contributed by atoms with Crippen molar-refractivity contribution < 1.29 is 19.1 Å². The third kappa shape index (κ3) is 3.56. The summed E-state index contributed by atoms with van der Waals surface area (Å²) in [4.78, 5) is 38.0. The van der Waals surface area contributed by atoms with Crippen molar-refractivity contribution in [3.8, 4) is 0 Å². The van der Waals surface area contributed by atoms with E-state index in [1.54, 1.807) is 17.0 Å². The first kappa shape index (κ1) is 17.3. The molecule has 2 aromatic rings. The number of nitrogens with one attached hydrogen (secondary N) is 1. The number of carbonyl (C=O) groups excluding carboxylic acids is 3. The van der Waals surface area contributed by atoms with Crippen LogP contribution in [0.3, 0.4) is 0 Å². The minimum Gasteiger partial charge on any atom is -0.448 e. The molecule has 0 unspecified atom stereocenters. The number of hydrogen-bond acceptors (Lipinski definition) is 4. The molecule has 0 saturated carbocycles. The Morgan fingerprint density at radius 2 is 1.89 bits per heavy atom. The zero-order chi connectivity index (χ0) is 18.8. The minimum absolute atomic E-state index is 0.149. The summed E-state index contributed by atoms with van der Waals surface area (Å²) in [6.45, 7) is 1.09. The van der Waals surface area contributed by atoms with Crippen LogP contribution in [0, 0.1) is 0 Å². The SMILES string of the molecule is O=C1O[C@H](C(=O)NCc2ccc(N3CCCC3=O)cc2)Cc2ccccc21. The topological polar surface area (TPSA) is 75.7 Å². The van der Waals surface area contributed by atoms with Crippen LogP contribution in [-0.4, -0.2) is 30.4 Å². The van der Waals surface area contributed by atoms with Gasteiger partial charge in [0.05, 0.1) is 5.56 Å². The van der Waals surface area contributed by atoms with Crippen LogP contribution in [0.5, 0.6) is 0 Å². The van der Waals surface area contributed by atoms with Crippen LogP contribution in [-0.2, 0) is 27.3 Å². The van der Waals surface area contributed by atoms with Crippen molar-refractivity contribution in [2.75, 3.05) is 11.4 Å². The number of nitrogens with zero attached hydrogens (tertiary/aromatic N) is 1. The van der Waals surface area contributed by atoms with E-state index < -0.39 is 12.1 Å². The summed E-state index contributed by atoms with van der Waals surface area (Å²) in [5.74, 6) is -0.622. The molecule has 0 aliphatic carbocycles. The second-order valence-electron chi connectivity index (χ2n) is 6.79. The van der Waals surface area contributed by atoms with Gasteiger partial charge in [-0.05, 0) is 35.7 Å². The highest BCUT2D eigenvalue weighted by Gasteiger charge is 2.30. The van der Waals surface area contributed by atoms with Crippen molar-refractivity contribution in [3.05, 3.63) is 65.2 Å². The Bertz CT molecular complexity index is 891. The number of anilines is 1. The van der Waals surface area contributed by atoms with E-state index >= 15 is 0 Å². The molecule has 27 heavy (non-hydrogen) atoms. The molecule has 2 aromatic carbocycles. The fourth-order valence-corrected chi connectivity index (χ4v) is 3.50. The zero-order valence-electron chi connectivity index (χ0n) is 14.8. The number of rotatable bonds is 4. The summed E-state index contributed by atoms with van der Waals surface area (Å²) in [7, 11) is 0. The third-order valence-electron chi connectivity index (χ3n) is 4.97. The summed E-state index contributed by atoms with van der Waals surface area (Å²) in [6.07, 6.45) is 1.05. The fraction of sp³-hybridized carbons (Fsp3) is 0.286. The molecule has 0 radical (unpaired) electrons. The molecule has 4 rings (SSSR count). The van der Waals surface area contributed by atoms with Crippen molar-refractivity contribution in [3.63, 3.8) is 0 Å². The summed E-state index contributed by atoms with van der Waals surface area (Å²) in [5.41, 5.74) is 3.15. The number of benzene rings is 2. The van der Waals surface area contributed by atoms with Crippen LogP contribution in [0.4, 0.5) is 5.69 Å². The van der Waals surface area contributed by atoms with Crippen LogP contribution in [0.2, 0.25) is 0 Å². The van der Waals surface area contributed by atoms with E-state index in [1.807, 2.05) is 36.4 Å². The van der Waals surface area contributed by atoms with E-state index in [-0.39, 0.29) is 11.8 Å². The second kappa shape index (κ2) is 7.23. The van der Waals surface area contributed by atoms with Crippen LogP contribution in [0.1, 0.15) is 34.3 Å². The van der Waals surface area contributed by atoms with Gasteiger partial charge in [0.25, 0.3) is 5.91 Å². The molecule has 6 nitrogen and oxygen atoms in total. The van der Waals surface area contributed by atoms with E-state index in [0.717, 1.165) is 29.8 Å². The highest BCUT2D eigenvalue weighted by molar-refractivity contribution is 5.96. The molecule has 1 atom stereocenters. The first-order chi connectivity index (χ1) is 13.1. The van der Waals surface area contributed by atoms with Crippen LogP contribution in [0.15, 0.2) is 48.5 Å². The van der Waals surface area contributed by atoms with E-state index in [1.165, 1.54) is 0 Å². The Morgan fingerprint density at radius 1 is 1.11 bits per heavy atom. The number of hydrogen-bond donors (Lipinski definition) is 1. The van der Waals surface area contributed by atoms with Gasteiger partial charge in [0.1, 0.15) is 0 Å². The van der Waals surface area contributed by atoms with Gasteiger partial charge in [0.2, 0.25) is 5.91 Å². The summed E-state index contributed by atoms with van der Waals surface area (Å²) in [5, 5.41) is 2.82. The number of amides is 2. The Labute approximate surface area is 157 Å². The van der Waals surface area contributed by atoms with Crippen molar-refractivity contribution in [1.82, 2.24) is 5.32 Å². The molecule has 1 N–H and O–H groups in total. The standard InChI is InChI=1S/C21H20N2O4/c24-19-6-3-11-23(19)16-9-7-14(8-10-16)13-22-20(25)18-12-15-4-1-2-5-17(15)21(26)27-18/h1-2,4-5,7-10,18H,3,6,11-13H2,(H,22,25)/t18-/m0/s1. The fourth-order valence-electron chi connectivity index (χ4n) is 3.50. The first-order valence-corrected chi connectivity index (χ1v) is 9.08. The maximum Gasteiger partial charge on any atom is 0.339 e. The van der Waals surface area contributed by atoms with Gasteiger partial charge in [-0.3, -0.25) is 9.59 Å². The van der Waals surface area contributed by atoms with Gasteiger partial charge >= 0.3 is 5.97 Å². The quantitative estimate of drug-likeness (QED) is 0.844. The number of ether oxygens (including phenoxy) is 1. The normalized spacial score (nSPS) is 18.8. The lowest BCUT2D eigenvalue weighted by Crippen LogP contribution is -2.41. The molecule has 138 valence electrons. The molecule has 0 spiro atoms. The zero-order valence-corrected chi connectivity index (χ0v) is 14.8. The average molecular weight is 364 g/mol. The van der Waals surface area contributed by atoms with E-state index in [4.69, 9.17) is 4.74 Å². The molecule has 1 saturated heterocycles. The minimum atomic E-state index is -0.811. The molecular weight excluding hydrogens is 344 g/mol. The highest BCUT2D eigenvalue weighted by Crippen LogP contribution is 2.22. The lowest BCUT2D eigenvalue weighted by atomic mass is 9.98. The van der Waals surface area contributed by atoms with Crippen LogP contribution in [0.25, 0.3) is 0 Å². The molecule has 2 amide bonds. The van der Waals surface area contributed by atoms with E-state index in [9.17, 15) is 14.4 Å². The van der Waals surface area contributed by atoms with Crippen molar-refractivity contribution in [2.24, 2.45) is 0 Å². The van der Waals surface area contributed by atoms with Crippen LogP contribution >= 0.6 is 0 Å². The van der Waals surface area contributed by atoms with Gasteiger partial charge in [-0.1, -0.05) is 30.3 Å². The first-order valence-electron chi connectivity index (χ1n) is 9.08. The Balaban J connectivity index is 1.36.